The molecule has 0 bridgehead atoms. The van der Waals surface area contributed by atoms with Crippen LogP contribution in [0, 0.1) is 0 Å². The number of benzene rings is 2. The fraction of sp³-hybridized carbons (Fsp3) is 0.261. The molecule has 1 aliphatic rings. The predicted molar refractivity (Wildman–Crippen MR) is 112 cm³/mol. The van der Waals surface area contributed by atoms with Crippen LogP contribution in [0.5, 0.6) is 0 Å². The highest BCUT2D eigenvalue weighted by molar-refractivity contribution is 5.86. The van der Waals surface area contributed by atoms with Crippen molar-refractivity contribution in [3.05, 3.63) is 78.8 Å². The molecule has 1 aromatic heterocycles. The van der Waals surface area contributed by atoms with Crippen molar-refractivity contribution >= 4 is 11.7 Å². The van der Waals surface area contributed by atoms with Crippen molar-refractivity contribution in [2.24, 2.45) is 0 Å². The monoisotopic (exact) mass is 388 g/mol. The molecule has 3 atom stereocenters. The van der Waals surface area contributed by atoms with E-state index in [9.17, 15) is 9.90 Å². The van der Waals surface area contributed by atoms with Crippen LogP contribution in [0.2, 0.25) is 0 Å². The van der Waals surface area contributed by atoms with E-state index in [1.54, 1.807) is 12.3 Å². The SMILES string of the molecule is C[C@H](NC(=O)C1CC(O)CN1c1ccncn1)c1ccc(-c2ccccc2)cc1. The Morgan fingerprint density at radius 1 is 1.10 bits per heavy atom. The van der Waals surface area contributed by atoms with Gasteiger partial charge >= 0.3 is 0 Å². The second-order valence-corrected chi connectivity index (χ2v) is 7.34. The van der Waals surface area contributed by atoms with E-state index in [2.05, 4.69) is 39.6 Å². The number of carbonyl (C=O) groups excluding carboxylic acids is 1. The molecule has 1 saturated heterocycles. The highest BCUT2D eigenvalue weighted by Crippen LogP contribution is 2.25. The lowest BCUT2D eigenvalue weighted by Gasteiger charge is -2.26. The molecule has 0 saturated carbocycles. The number of rotatable bonds is 5. The number of aliphatic hydroxyl groups excluding tert-OH is 1. The number of hydrogen-bond donors (Lipinski definition) is 2. The van der Waals surface area contributed by atoms with Crippen molar-refractivity contribution in [3.63, 3.8) is 0 Å². The summed E-state index contributed by atoms with van der Waals surface area (Å²) in [7, 11) is 0. The molecule has 29 heavy (non-hydrogen) atoms. The van der Waals surface area contributed by atoms with Crippen molar-refractivity contribution in [2.45, 2.75) is 31.5 Å². The second kappa shape index (κ2) is 8.41. The standard InChI is InChI=1S/C23H24N4O2/c1-16(17-7-9-19(10-8-17)18-5-3-2-4-6-18)26-23(29)21-13-20(28)14-27(21)22-11-12-24-15-25-22/h2-12,15-16,20-21,28H,13-14H2,1H3,(H,26,29)/t16-,20?,21?/m0/s1. The number of aliphatic hydroxyl groups is 1. The molecule has 1 amide bonds. The molecular weight excluding hydrogens is 364 g/mol. The molecule has 4 rings (SSSR count). The Balaban J connectivity index is 1.45. The van der Waals surface area contributed by atoms with Gasteiger partial charge in [-0.1, -0.05) is 54.6 Å². The van der Waals surface area contributed by atoms with Gasteiger partial charge in [0.1, 0.15) is 18.2 Å². The lowest BCUT2D eigenvalue weighted by atomic mass is 10.0. The van der Waals surface area contributed by atoms with Gasteiger partial charge in [-0.3, -0.25) is 4.79 Å². The van der Waals surface area contributed by atoms with Gasteiger partial charge in [0, 0.05) is 19.2 Å². The lowest BCUT2D eigenvalue weighted by Crippen LogP contribution is -2.44. The first-order chi connectivity index (χ1) is 14.1. The third-order valence-corrected chi connectivity index (χ3v) is 5.32. The third-order valence-electron chi connectivity index (χ3n) is 5.32. The second-order valence-electron chi connectivity index (χ2n) is 7.34. The molecule has 2 aromatic carbocycles. The lowest BCUT2D eigenvalue weighted by molar-refractivity contribution is -0.123. The smallest absolute Gasteiger partial charge is 0.243 e. The zero-order valence-corrected chi connectivity index (χ0v) is 16.3. The number of aromatic nitrogens is 2. The summed E-state index contributed by atoms with van der Waals surface area (Å²) in [5.74, 6) is 0.538. The van der Waals surface area contributed by atoms with Crippen LogP contribution in [-0.4, -0.2) is 39.7 Å². The molecule has 2 heterocycles. The normalized spacial score (nSPS) is 19.7. The van der Waals surface area contributed by atoms with Gasteiger partial charge in [-0.15, -0.1) is 0 Å². The van der Waals surface area contributed by atoms with Gasteiger partial charge in [0.15, 0.2) is 0 Å². The summed E-state index contributed by atoms with van der Waals surface area (Å²) in [5, 5.41) is 13.2. The van der Waals surface area contributed by atoms with Crippen LogP contribution < -0.4 is 10.2 Å². The molecule has 0 radical (unpaired) electrons. The zero-order chi connectivity index (χ0) is 20.2. The van der Waals surface area contributed by atoms with Crippen LogP contribution in [0.15, 0.2) is 73.2 Å². The average molecular weight is 388 g/mol. The molecule has 6 nitrogen and oxygen atoms in total. The van der Waals surface area contributed by atoms with Crippen LogP contribution >= 0.6 is 0 Å². The largest absolute Gasteiger partial charge is 0.391 e. The number of nitrogens with zero attached hydrogens (tertiary/aromatic N) is 3. The summed E-state index contributed by atoms with van der Waals surface area (Å²) in [6.45, 7) is 2.35. The molecular formula is C23H24N4O2. The number of nitrogens with one attached hydrogen (secondary N) is 1. The summed E-state index contributed by atoms with van der Waals surface area (Å²) in [4.78, 5) is 22.9. The summed E-state index contributed by atoms with van der Waals surface area (Å²) in [5.41, 5.74) is 3.34. The minimum atomic E-state index is -0.554. The zero-order valence-electron chi connectivity index (χ0n) is 16.3. The van der Waals surface area contributed by atoms with Crippen molar-refractivity contribution in [3.8, 4) is 11.1 Å². The van der Waals surface area contributed by atoms with Crippen LogP contribution in [-0.2, 0) is 4.79 Å². The fourth-order valence-electron chi connectivity index (χ4n) is 3.76. The van der Waals surface area contributed by atoms with Gasteiger partial charge in [-0.25, -0.2) is 9.97 Å². The van der Waals surface area contributed by atoms with Gasteiger partial charge < -0.3 is 15.3 Å². The first-order valence-corrected chi connectivity index (χ1v) is 9.78. The Labute approximate surface area is 170 Å². The van der Waals surface area contributed by atoms with Crippen molar-refractivity contribution in [2.75, 3.05) is 11.4 Å². The van der Waals surface area contributed by atoms with Crippen molar-refractivity contribution in [1.82, 2.24) is 15.3 Å². The molecule has 6 heteroatoms. The first-order valence-electron chi connectivity index (χ1n) is 9.78. The predicted octanol–water partition coefficient (Wildman–Crippen LogP) is 2.96. The number of carbonyl (C=O) groups is 1. The molecule has 0 aliphatic carbocycles. The van der Waals surface area contributed by atoms with E-state index in [0.29, 0.717) is 18.8 Å². The number of anilines is 1. The maximum absolute atomic E-state index is 12.9. The third kappa shape index (κ3) is 4.27. The topological polar surface area (TPSA) is 78.4 Å². The van der Waals surface area contributed by atoms with Crippen molar-refractivity contribution in [1.29, 1.82) is 0 Å². The molecule has 3 aromatic rings. The number of amides is 1. The van der Waals surface area contributed by atoms with Gasteiger partial charge in [0.25, 0.3) is 0 Å². The number of hydrogen-bond acceptors (Lipinski definition) is 5. The highest BCUT2D eigenvalue weighted by atomic mass is 16.3. The highest BCUT2D eigenvalue weighted by Gasteiger charge is 2.37. The van der Waals surface area contributed by atoms with E-state index >= 15 is 0 Å². The van der Waals surface area contributed by atoms with Gasteiger partial charge in [0.05, 0.1) is 12.1 Å². The molecule has 2 unspecified atom stereocenters. The molecule has 1 fully saturated rings. The van der Waals surface area contributed by atoms with E-state index in [0.717, 1.165) is 16.7 Å². The molecule has 0 spiro atoms. The Morgan fingerprint density at radius 2 is 1.83 bits per heavy atom. The summed E-state index contributed by atoms with van der Waals surface area (Å²) in [6, 6.07) is 19.6. The first kappa shape index (κ1) is 19.1. The Kier molecular flexibility index (Phi) is 5.53. The summed E-state index contributed by atoms with van der Waals surface area (Å²) >= 11 is 0. The van der Waals surface area contributed by atoms with E-state index in [1.807, 2.05) is 42.2 Å². The van der Waals surface area contributed by atoms with E-state index < -0.39 is 12.1 Å². The van der Waals surface area contributed by atoms with Crippen LogP contribution in [0.3, 0.4) is 0 Å². The van der Waals surface area contributed by atoms with Crippen LogP contribution in [0.25, 0.3) is 11.1 Å². The minimum Gasteiger partial charge on any atom is -0.391 e. The Hall–Kier alpha value is -3.25. The average Bonchev–Trinajstić information content (AvgIpc) is 3.17. The Morgan fingerprint density at radius 3 is 2.52 bits per heavy atom. The quantitative estimate of drug-likeness (QED) is 0.703. The van der Waals surface area contributed by atoms with E-state index in [-0.39, 0.29) is 11.9 Å². The summed E-state index contributed by atoms with van der Waals surface area (Å²) in [6.07, 6.45) is 2.92. The van der Waals surface area contributed by atoms with E-state index in [1.165, 1.54) is 6.33 Å². The molecule has 2 N–H and O–H groups in total. The Bertz CT molecular complexity index is 948. The maximum atomic E-state index is 12.9. The fourth-order valence-corrected chi connectivity index (χ4v) is 3.76. The molecule has 1 aliphatic heterocycles. The van der Waals surface area contributed by atoms with Gasteiger partial charge in [0.2, 0.25) is 5.91 Å². The molecule has 148 valence electrons. The minimum absolute atomic E-state index is 0.111. The van der Waals surface area contributed by atoms with Crippen LogP contribution in [0.1, 0.15) is 24.9 Å². The van der Waals surface area contributed by atoms with Gasteiger partial charge in [-0.05, 0) is 29.7 Å². The van der Waals surface area contributed by atoms with Crippen LogP contribution in [0.4, 0.5) is 5.82 Å². The van der Waals surface area contributed by atoms with Gasteiger partial charge in [-0.2, -0.15) is 0 Å². The number of β-amino-alcohol motifs (C(OH)–C–C–N with tert-alkyl or cyclic N) is 1. The van der Waals surface area contributed by atoms with Crippen molar-refractivity contribution < 1.29 is 9.90 Å². The van der Waals surface area contributed by atoms with E-state index in [4.69, 9.17) is 0 Å². The summed E-state index contributed by atoms with van der Waals surface area (Å²) < 4.78 is 0. The maximum Gasteiger partial charge on any atom is 0.243 e.